The fourth-order valence-corrected chi connectivity index (χ4v) is 2.31. The summed E-state index contributed by atoms with van der Waals surface area (Å²) >= 11 is 4.82. The first-order chi connectivity index (χ1) is 9.00. The van der Waals surface area contributed by atoms with Gasteiger partial charge in [-0.05, 0) is 13.0 Å². The van der Waals surface area contributed by atoms with Crippen LogP contribution >= 0.6 is 12.2 Å². The molecule has 6 heteroatoms. The minimum absolute atomic E-state index is 0.0304. The van der Waals surface area contributed by atoms with E-state index in [1.54, 1.807) is 18.2 Å². The van der Waals surface area contributed by atoms with Crippen LogP contribution in [0.15, 0.2) is 18.2 Å². The Kier molecular flexibility index (Phi) is 4.11. The van der Waals surface area contributed by atoms with Crippen LogP contribution in [0.5, 0.6) is 0 Å². The summed E-state index contributed by atoms with van der Waals surface area (Å²) in [5.74, 6) is -0.426. The molecule has 0 aliphatic carbocycles. The van der Waals surface area contributed by atoms with Crippen LogP contribution in [0.2, 0.25) is 0 Å². The van der Waals surface area contributed by atoms with Gasteiger partial charge in [0, 0.05) is 30.8 Å². The Bertz CT molecular complexity index is 521. The average molecular weight is 281 g/mol. The molecule has 1 fully saturated rings. The van der Waals surface area contributed by atoms with Crippen LogP contribution < -0.4 is 11.1 Å². The molecular formula is C13H16FN3OS. The Labute approximate surface area is 116 Å². The van der Waals surface area contributed by atoms with Gasteiger partial charge in [0.1, 0.15) is 10.8 Å². The van der Waals surface area contributed by atoms with E-state index < -0.39 is 5.82 Å². The van der Waals surface area contributed by atoms with Crippen molar-refractivity contribution in [3.63, 3.8) is 0 Å². The molecule has 1 heterocycles. The zero-order valence-electron chi connectivity index (χ0n) is 10.6. The first-order valence-electron chi connectivity index (χ1n) is 6.09. The standard InChI is InChI=1S/C13H16FN3OS/c1-8-13(18)16-5-6-17(8)7-9-3-2-4-10(11(9)14)12(15)19/h2-4,8H,5-7H2,1H3,(H2,15,19)(H,16,18). The SMILES string of the molecule is CC1C(=O)NCCN1Cc1cccc(C(N)=S)c1F. The minimum Gasteiger partial charge on any atom is -0.389 e. The number of nitrogens with zero attached hydrogens (tertiary/aromatic N) is 1. The number of carbonyl (C=O) groups is 1. The molecule has 1 unspecified atom stereocenters. The highest BCUT2D eigenvalue weighted by atomic mass is 32.1. The lowest BCUT2D eigenvalue weighted by Gasteiger charge is -2.32. The molecule has 102 valence electrons. The Morgan fingerprint density at radius 1 is 1.63 bits per heavy atom. The quantitative estimate of drug-likeness (QED) is 0.804. The second-order valence-electron chi connectivity index (χ2n) is 4.58. The number of thiocarbonyl (C=S) groups is 1. The zero-order valence-corrected chi connectivity index (χ0v) is 11.5. The van der Waals surface area contributed by atoms with Crippen LogP contribution in [0.3, 0.4) is 0 Å². The molecule has 1 aromatic rings. The van der Waals surface area contributed by atoms with Gasteiger partial charge in [0.05, 0.1) is 6.04 Å². The lowest BCUT2D eigenvalue weighted by atomic mass is 10.1. The number of halogens is 1. The highest BCUT2D eigenvalue weighted by molar-refractivity contribution is 7.80. The third-order valence-corrected chi connectivity index (χ3v) is 3.56. The van der Waals surface area contributed by atoms with Gasteiger partial charge in [-0.3, -0.25) is 9.69 Å². The lowest BCUT2D eigenvalue weighted by Crippen LogP contribution is -2.53. The van der Waals surface area contributed by atoms with Crippen LogP contribution in [0.25, 0.3) is 0 Å². The summed E-state index contributed by atoms with van der Waals surface area (Å²) < 4.78 is 14.2. The summed E-state index contributed by atoms with van der Waals surface area (Å²) in [5.41, 5.74) is 6.24. The second-order valence-corrected chi connectivity index (χ2v) is 5.02. The second kappa shape index (κ2) is 5.63. The van der Waals surface area contributed by atoms with E-state index >= 15 is 0 Å². The highest BCUT2D eigenvalue weighted by Crippen LogP contribution is 2.17. The molecule has 2 rings (SSSR count). The molecule has 1 saturated heterocycles. The molecule has 0 aromatic heterocycles. The Morgan fingerprint density at radius 2 is 2.37 bits per heavy atom. The maximum atomic E-state index is 14.2. The average Bonchev–Trinajstić information content (AvgIpc) is 2.37. The molecule has 1 amide bonds. The van der Waals surface area contributed by atoms with Crippen LogP contribution in [0, 0.1) is 5.82 Å². The monoisotopic (exact) mass is 281 g/mol. The number of hydrogen-bond acceptors (Lipinski definition) is 3. The van der Waals surface area contributed by atoms with Gasteiger partial charge in [-0.25, -0.2) is 4.39 Å². The van der Waals surface area contributed by atoms with Crippen molar-refractivity contribution in [2.45, 2.75) is 19.5 Å². The van der Waals surface area contributed by atoms with E-state index in [0.29, 0.717) is 25.2 Å². The first kappa shape index (κ1) is 13.9. The molecule has 1 aliphatic rings. The molecule has 1 aliphatic heterocycles. The van der Waals surface area contributed by atoms with Crippen molar-refractivity contribution < 1.29 is 9.18 Å². The van der Waals surface area contributed by atoms with Gasteiger partial charge in [0.15, 0.2) is 0 Å². The summed E-state index contributed by atoms with van der Waals surface area (Å²) in [5, 5.41) is 2.78. The molecule has 19 heavy (non-hydrogen) atoms. The van der Waals surface area contributed by atoms with E-state index in [1.165, 1.54) is 0 Å². The fraction of sp³-hybridized carbons (Fsp3) is 0.385. The smallest absolute Gasteiger partial charge is 0.237 e. The van der Waals surface area contributed by atoms with Gasteiger partial charge >= 0.3 is 0 Å². The van der Waals surface area contributed by atoms with Crippen LogP contribution in [-0.2, 0) is 11.3 Å². The fourth-order valence-electron chi connectivity index (χ4n) is 2.16. The Morgan fingerprint density at radius 3 is 3.05 bits per heavy atom. The van der Waals surface area contributed by atoms with Gasteiger partial charge in [0.2, 0.25) is 5.91 Å². The molecule has 0 radical (unpaired) electrons. The van der Waals surface area contributed by atoms with Crippen molar-refractivity contribution >= 4 is 23.1 Å². The summed E-state index contributed by atoms with van der Waals surface area (Å²) in [6, 6.07) is 4.72. The number of piperazine rings is 1. The van der Waals surface area contributed by atoms with Gasteiger partial charge in [-0.2, -0.15) is 0 Å². The normalized spacial score (nSPS) is 20.1. The number of nitrogens with two attached hydrogens (primary N) is 1. The molecule has 0 spiro atoms. The van der Waals surface area contributed by atoms with E-state index in [0.717, 1.165) is 0 Å². The molecule has 4 nitrogen and oxygen atoms in total. The van der Waals surface area contributed by atoms with Crippen molar-refractivity contribution in [1.82, 2.24) is 10.2 Å². The minimum atomic E-state index is -0.395. The predicted octanol–water partition coefficient (Wildman–Crippen LogP) is 0.780. The van der Waals surface area contributed by atoms with E-state index in [2.05, 4.69) is 5.32 Å². The predicted molar refractivity (Wildman–Crippen MR) is 75.2 cm³/mol. The van der Waals surface area contributed by atoms with Crippen LogP contribution in [0.4, 0.5) is 4.39 Å². The molecular weight excluding hydrogens is 265 g/mol. The molecule has 1 atom stereocenters. The van der Waals surface area contributed by atoms with Crippen LogP contribution in [-0.4, -0.2) is 34.9 Å². The van der Waals surface area contributed by atoms with Gasteiger partial charge in [-0.1, -0.05) is 24.4 Å². The number of amides is 1. The number of carbonyl (C=O) groups excluding carboxylic acids is 1. The van der Waals surface area contributed by atoms with Gasteiger partial charge in [0.25, 0.3) is 0 Å². The summed E-state index contributed by atoms with van der Waals surface area (Å²) in [7, 11) is 0. The number of benzene rings is 1. The highest BCUT2D eigenvalue weighted by Gasteiger charge is 2.26. The van der Waals surface area contributed by atoms with Crippen molar-refractivity contribution in [3.05, 3.63) is 35.1 Å². The van der Waals surface area contributed by atoms with E-state index in [9.17, 15) is 9.18 Å². The molecule has 3 N–H and O–H groups in total. The van der Waals surface area contributed by atoms with E-state index in [-0.39, 0.29) is 22.5 Å². The van der Waals surface area contributed by atoms with Crippen molar-refractivity contribution in [2.75, 3.05) is 13.1 Å². The van der Waals surface area contributed by atoms with Crippen molar-refractivity contribution in [3.8, 4) is 0 Å². The Hall–Kier alpha value is -1.53. The molecule has 0 bridgehead atoms. The number of rotatable bonds is 3. The number of nitrogens with one attached hydrogen (secondary N) is 1. The van der Waals surface area contributed by atoms with E-state index in [4.69, 9.17) is 18.0 Å². The molecule has 0 saturated carbocycles. The van der Waals surface area contributed by atoms with Crippen LogP contribution in [0.1, 0.15) is 18.1 Å². The Balaban J connectivity index is 2.21. The summed E-state index contributed by atoms with van der Waals surface area (Å²) in [6.45, 7) is 3.46. The maximum absolute atomic E-state index is 14.2. The van der Waals surface area contributed by atoms with E-state index in [1.807, 2.05) is 11.8 Å². The van der Waals surface area contributed by atoms with Gasteiger partial charge in [-0.15, -0.1) is 0 Å². The lowest BCUT2D eigenvalue weighted by molar-refractivity contribution is -0.128. The van der Waals surface area contributed by atoms with Gasteiger partial charge < -0.3 is 11.1 Å². The molecule has 1 aromatic carbocycles. The third kappa shape index (κ3) is 2.90. The largest absolute Gasteiger partial charge is 0.389 e. The van der Waals surface area contributed by atoms with Crippen molar-refractivity contribution in [2.24, 2.45) is 5.73 Å². The topological polar surface area (TPSA) is 58.4 Å². The summed E-state index contributed by atoms with van der Waals surface area (Å²) in [4.78, 5) is 13.5. The first-order valence-corrected chi connectivity index (χ1v) is 6.50. The summed E-state index contributed by atoms with van der Waals surface area (Å²) in [6.07, 6.45) is 0. The number of hydrogen-bond donors (Lipinski definition) is 2. The zero-order chi connectivity index (χ0) is 14.0. The van der Waals surface area contributed by atoms with Crippen molar-refractivity contribution in [1.29, 1.82) is 0 Å². The third-order valence-electron chi connectivity index (χ3n) is 3.34. The maximum Gasteiger partial charge on any atom is 0.237 e.